The minimum absolute atomic E-state index is 0.929. The molecule has 0 aromatic rings. The number of hydrogen-bond acceptors (Lipinski definition) is 1. The molecule has 0 aromatic carbocycles. The number of unbranched alkanes of at least 4 members (excludes halogenated alkanes) is 32. The van der Waals surface area contributed by atoms with Gasteiger partial charge in [0.2, 0.25) is 0 Å². The minimum atomic E-state index is 0.929. The first-order chi connectivity index (χ1) is 21.2. The normalized spacial score (nSPS) is 11.3. The third-order valence-corrected chi connectivity index (χ3v) is 9.41. The summed E-state index contributed by atoms with van der Waals surface area (Å²) in [5.74, 6) is 1.86. The Bertz CT molecular complexity index is 501. The van der Waals surface area contributed by atoms with Gasteiger partial charge in [0.05, 0.1) is 11.5 Å². The van der Waals surface area contributed by atoms with Gasteiger partial charge in [0.1, 0.15) is 0 Å². The predicted molar refractivity (Wildman–Crippen MR) is 197 cm³/mol. The molecular weight excluding hydrogens is 520 g/mol. The summed E-state index contributed by atoms with van der Waals surface area (Å²) in [4.78, 5) is 0. The lowest BCUT2D eigenvalue weighted by atomic mass is 10.0. The Balaban J connectivity index is 3.26. The van der Waals surface area contributed by atoms with Crippen LogP contribution in [-0.2, 0) is 4.74 Å². The van der Waals surface area contributed by atoms with Crippen LogP contribution in [0.15, 0.2) is 24.7 Å². The molecule has 0 aliphatic rings. The minimum Gasteiger partial charge on any atom is -0.467 e. The first-order valence-electron chi connectivity index (χ1n) is 20.2. The fourth-order valence-corrected chi connectivity index (χ4v) is 6.40. The van der Waals surface area contributed by atoms with Crippen molar-refractivity contribution in [2.75, 3.05) is 0 Å². The first-order valence-corrected chi connectivity index (χ1v) is 20.2. The van der Waals surface area contributed by atoms with Gasteiger partial charge in [0, 0.05) is 12.8 Å². The lowest BCUT2D eigenvalue weighted by Crippen LogP contribution is -1.93. The van der Waals surface area contributed by atoms with Crippen LogP contribution in [0, 0.1) is 0 Å². The summed E-state index contributed by atoms with van der Waals surface area (Å²) in [6.07, 6.45) is 50.2. The monoisotopic (exact) mass is 603 g/mol. The molecule has 0 atom stereocenters. The number of hydrogen-bond donors (Lipinski definition) is 0. The van der Waals surface area contributed by atoms with Crippen LogP contribution in [0.3, 0.4) is 0 Å². The highest BCUT2D eigenvalue weighted by atomic mass is 16.5. The fraction of sp³-hybridized carbons (Fsp3) is 0.905. The van der Waals surface area contributed by atoms with Crippen LogP contribution in [0.2, 0.25) is 0 Å². The van der Waals surface area contributed by atoms with Crippen LogP contribution in [0.5, 0.6) is 0 Å². The third-order valence-electron chi connectivity index (χ3n) is 9.41. The smallest absolute Gasteiger partial charge is 0.0964 e. The maximum Gasteiger partial charge on any atom is 0.0964 e. The average Bonchev–Trinajstić information content (AvgIpc) is 3.00. The zero-order valence-corrected chi connectivity index (χ0v) is 30.3. The Morgan fingerprint density at radius 1 is 0.279 bits per heavy atom. The Morgan fingerprint density at radius 2 is 0.442 bits per heavy atom. The van der Waals surface area contributed by atoms with E-state index in [-0.39, 0.29) is 0 Å². The Kier molecular flexibility index (Phi) is 36.8. The largest absolute Gasteiger partial charge is 0.467 e. The van der Waals surface area contributed by atoms with E-state index in [2.05, 4.69) is 27.0 Å². The van der Waals surface area contributed by atoms with Crippen molar-refractivity contribution >= 4 is 0 Å². The van der Waals surface area contributed by atoms with E-state index in [1.165, 1.54) is 218 Å². The van der Waals surface area contributed by atoms with Gasteiger partial charge in [0.15, 0.2) is 0 Å². The van der Waals surface area contributed by atoms with Gasteiger partial charge in [-0.15, -0.1) is 0 Å². The molecule has 0 aliphatic heterocycles. The summed E-state index contributed by atoms with van der Waals surface area (Å²) < 4.78 is 5.92. The predicted octanol–water partition coefficient (Wildman–Crippen LogP) is 16.1. The van der Waals surface area contributed by atoms with Crippen molar-refractivity contribution in [2.45, 2.75) is 245 Å². The molecule has 0 rings (SSSR count). The molecule has 0 unspecified atom stereocenters. The number of rotatable bonds is 38. The summed E-state index contributed by atoms with van der Waals surface area (Å²) in [7, 11) is 0. The standard InChI is InChI=1S/C42H82O/c1-5-7-9-11-13-15-17-19-21-23-25-27-29-31-33-35-37-39-41(3)43-42(4)40-38-36-34-32-30-28-26-24-22-20-18-16-14-12-10-8-6-2/h3-40H2,1-2H3. The molecule has 0 amide bonds. The molecule has 0 saturated heterocycles. The van der Waals surface area contributed by atoms with Gasteiger partial charge in [-0.25, -0.2) is 0 Å². The summed E-state index contributed by atoms with van der Waals surface area (Å²) in [6, 6.07) is 0. The van der Waals surface area contributed by atoms with Gasteiger partial charge >= 0.3 is 0 Å². The molecule has 43 heavy (non-hydrogen) atoms. The molecule has 0 aliphatic carbocycles. The highest BCUT2D eigenvalue weighted by Gasteiger charge is 2.02. The van der Waals surface area contributed by atoms with E-state index in [1.54, 1.807) is 0 Å². The van der Waals surface area contributed by atoms with Gasteiger partial charge in [-0.2, -0.15) is 0 Å². The second-order valence-corrected chi connectivity index (χ2v) is 14.0. The van der Waals surface area contributed by atoms with Crippen LogP contribution in [-0.4, -0.2) is 0 Å². The van der Waals surface area contributed by atoms with Crippen molar-refractivity contribution < 1.29 is 4.74 Å². The maximum absolute atomic E-state index is 5.92. The zero-order chi connectivity index (χ0) is 31.3. The van der Waals surface area contributed by atoms with Crippen molar-refractivity contribution in [3.8, 4) is 0 Å². The van der Waals surface area contributed by atoms with Crippen molar-refractivity contribution in [1.82, 2.24) is 0 Å². The molecule has 0 N–H and O–H groups in total. The molecule has 1 heteroatoms. The first kappa shape index (κ1) is 42.3. The molecule has 0 radical (unpaired) electrons. The summed E-state index contributed by atoms with van der Waals surface area (Å²) in [5.41, 5.74) is 0. The van der Waals surface area contributed by atoms with Crippen molar-refractivity contribution in [1.29, 1.82) is 0 Å². The van der Waals surface area contributed by atoms with Crippen molar-refractivity contribution in [2.24, 2.45) is 0 Å². The Hall–Kier alpha value is -0.720. The van der Waals surface area contributed by atoms with E-state index in [0.29, 0.717) is 0 Å². The average molecular weight is 603 g/mol. The fourth-order valence-electron chi connectivity index (χ4n) is 6.40. The molecule has 1 nitrogen and oxygen atoms in total. The SMILES string of the molecule is C=C(CCCCCCCCCCCCCCCCCCC)OC(=C)CCCCCCCCCCCCCCCCCCC. The molecule has 0 fully saturated rings. The second kappa shape index (κ2) is 37.5. The van der Waals surface area contributed by atoms with Gasteiger partial charge in [-0.1, -0.05) is 232 Å². The van der Waals surface area contributed by atoms with E-state index in [1.807, 2.05) is 0 Å². The van der Waals surface area contributed by atoms with Gasteiger partial charge in [0.25, 0.3) is 0 Å². The third kappa shape index (κ3) is 37.4. The van der Waals surface area contributed by atoms with E-state index >= 15 is 0 Å². The van der Waals surface area contributed by atoms with Crippen LogP contribution in [0.4, 0.5) is 0 Å². The summed E-state index contributed by atoms with van der Waals surface area (Å²) >= 11 is 0. The van der Waals surface area contributed by atoms with E-state index < -0.39 is 0 Å². The Morgan fingerprint density at radius 3 is 0.628 bits per heavy atom. The lowest BCUT2D eigenvalue weighted by molar-refractivity contribution is 0.274. The van der Waals surface area contributed by atoms with E-state index in [0.717, 1.165) is 24.4 Å². The van der Waals surface area contributed by atoms with Crippen molar-refractivity contribution in [3.05, 3.63) is 24.7 Å². The van der Waals surface area contributed by atoms with E-state index in [4.69, 9.17) is 4.74 Å². The molecule has 0 bridgehead atoms. The highest BCUT2D eigenvalue weighted by Crippen LogP contribution is 2.19. The van der Waals surface area contributed by atoms with Crippen LogP contribution in [0.25, 0.3) is 0 Å². The highest BCUT2D eigenvalue weighted by molar-refractivity contribution is 4.93. The number of allylic oxidation sites excluding steroid dienone is 2. The zero-order valence-electron chi connectivity index (χ0n) is 30.3. The lowest BCUT2D eigenvalue weighted by Gasteiger charge is -2.11. The molecule has 0 saturated carbocycles. The molecular formula is C42H82O. The summed E-state index contributed by atoms with van der Waals surface area (Å²) in [6.45, 7) is 12.9. The maximum atomic E-state index is 5.92. The molecule has 0 aromatic heterocycles. The van der Waals surface area contributed by atoms with Crippen LogP contribution in [0.1, 0.15) is 245 Å². The van der Waals surface area contributed by atoms with Crippen molar-refractivity contribution in [3.63, 3.8) is 0 Å². The van der Waals surface area contributed by atoms with Gasteiger partial charge < -0.3 is 4.74 Å². The molecule has 0 spiro atoms. The molecule has 256 valence electrons. The van der Waals surface area contributed by atoms with Crippen LogP contribution >= 0.6 is 0 Å². The molecule has 0 heterocycles. The number of ether oxygens (including phenoxy) is 1. The quantitative estimate of drug-likeness (QED) is 0.0504. The van der Waals surface area contributed by atoms with Crippen LogP contribution < -0.4 is 0 Å². The Labute approximate surface area is 273 Å². The summed E-state index contributed by atoms with van der Waals surface area (Å²) in [5, 5.41) is 0. The van der Waals surface area contributed by atoms with Gasteiger partial charge in [-0.3, -0.25) is 0 Å². The second-order valence-electron chi connectivity index (χ2n) is 14.0. The van der Waals surface area contributed by atoms with E-state index in [9.17, 15) is 0 Å². The topological polar surface area (TPSA) is 9.23 Å². The van der Waals surface area contributed by atoms with Gasteiger partial charge in [-0.05, 0) is 12.8 Å².